The Labute approximate surface area is 180 Å². The minimum absolute atomic E-state index is 0.0757. The number of hydrogen-bond donors (Lipinski definition) is 2. The van der Waals surface area contributed by atoms with E-state index in [9.17, 15) is 9.59 Å². The highest BCUT2D eigenvalue weighted by Gasteiger charge is 2.32. The molecule has 0 radical (unpaired) electrons. The Hall–Kier alpha value is -3.13. The first-order valence-electron chi connectivity index (χ1n) is 9.51. The third-order valence-electron chi connectivity index (χ3n) is 4.56. The van der Waals surface area contributed by atoms with Crippen molar-refractivity contribution in [1.82, 2.24) is 10.6 Å². The standard InChI is InChI=1S/C22H24N4O3S/c1-14-4-8-17(9-5-14)15(2)25-26-22-24-21(28)19(30-22)12-20(27)23-13-16-6-10-18(29-3)11-7-16/h4-11,19H,12-13H2,1-3H3,(H,23,27)(H,24,26,28)/b25-15+. The maximum atomic E-state index is 12.2. The van der Waals surface area contributed by atoms with Gasteiger partial charge in [-0.15, -0.1) is 5.10 Å². The van der Waals surface area contributed by atoms with Crippen molar-refractivity contribution in [2.45, 2.75) is 32.1 Å². The molecule has 0 spiro atoms. The molecule has 1 aliphatic heterocycles. The number of aryl methyl sites for hydroxylation is 1. The van der Waals surface area contributed by atoms with Crippen LogP contribution in [-0.2, 0) is 16.1 Å². The van der Waals surface area contributed by atoms with Crippen molar-refractivity contribution in [3.8, 4) is 5.75 Å². The summed E-state index contributed by atoms with van der Waals surface area (Å²) in [5.41, 5.74) is 3.84. The number of rotatable bonds is 7. The van der Waals surface area contributed by atoms with E-state index in [4.69, 9.17) is 4.74 Å². The number of benzene rings is 2. The highest BCUT2D eigenvalue weighted by Crippen LogP contribution is 2.22. The molecule has 0 bridgehead atoms. The van der Waals surface area contributed by atoms with Gasteiger partial charge in [-0.1, -0.05) is 53.7 Å². The summed E-state index contributed by atoms with van der Waals surface area (Å²) in [4.78, 5) is 24.4. The molecule has 7 nitrogen and oxygen atoms in total. The summed E-state index contributed by atoms with van der Waals surface area (Å²) in [6.45, 7) is 4.28. The average Bonchev–Trinajstić information content (AvgIpc) is 3.10. The second-order valence-corrected chi connectivity index (χ2v) is 8.07. The Kier molecular flexibility index (Phi) is 7.24. The number of carbonyl (C=O) groups is 2. The van der Waals surface area contributed by atoms with Crippen LogP contribution in [0, 0.1) is 6.92 Å². The van der Waals surface area contributed by atoms with Gasteiger partial charge < -0.3 is 15.4 Å². The van der Waals surface area contributed by atoms with Crippen molar-refractivity contribution in [3.63, 3.8) is 0 Å². The van der Waals surface area contributed by atoms with Gasteiger partial charge in [0.15, 0.2) is 5.17 Å². The van der Waals surface area contributed by atoms with Gasteiger partial charge in [-0.05, 0) is 37.1 Å². The number of hydrogen-bond acceptors (Lipinski definition) is 6. The van der Waals surface area contributed by atoms with E-state index in [2.05, 4.69) is 20.8 Å². The number of nitrogens with zero attached hydrogens (tertiary/aromatic N) is 2. The molecule has 1 fully saturated rings. The Bertz CT molecular complexity index is 969. The van der Waals surface area contributed by atoms with Crippen LogP contribution in [0.5, 0.6) is 5.75 Å². The van der Waals surface area contributed by atoms with E-state index in [1.54, 1.807) is 7.11 Å². The summed E-state index contributed by atoms with van der Waals surface area (Å²) < 4.78 is 5.11. The van der Waals surface area contributed by atoms with Gasteiger partial charge in [-0.3, -0.25) is 9.59 Å². The van der Waals surface area contributed by atoms with Crippen molar-refractivity contribution < 1.29 is 14.3 Å². The van der Waals surface area contributed by atoms with E-state index in [1.165, 1.54) is 17.3 Å². The van der Waals surface area contributed by atoms with Gasteiger partial charge in [0.25, 0.3) is 0 Å². The van der Waals surface area contributed by atoms with Gasteiger partial charge in [0.05, 0.1) is 12.8 Å². The second-order valence-electron chi connectivity index (χ2n) is 6.88. The first-order chi connectivity index (χ1) is 14.4. The molecule has 1 heterocycles. The van der Waals surface area contributed by atoms with E-state index >= 15 is 0 Å². The largest absolute Gasteiger partial charge is 0.497 e. The quantitative estimate of drug-likeness (QED) is 0.528. The number of amidine groups is 1. The molecular formula is C22H24N4O3S. The Morgan fingerprint density at radius 3 is 2.53 bits per heavy atom. The lowest BCUT2D eigenvalue weighted by Crippen LogP contribution is -2.31. The highest BCUT2D eigenvalue weighted by molar-refractivity contribution is 8.15. The van der Waals surface area contributed by atoms with Crippen molar-refractivity contribution in [1.29, 1.82) is 0 Å². The van der Waals surface area contributed by atoms with Gasteiger partial charge in [0, 0.05) is 13.0 Å². The van der Waals surface area contributed by atoms with Crippen molar-refractivity contribution in [3.05, 3.63) is 65.2 Å². The number of carbonyl (C=O) groups excluding carboxylic acids is 2. The molecule has 0 aliphatic carbocycles. The third-order valence-corrected chi connectivity index (χ3v) is 5.63. The van der Waals surface area contributed by atoms with Gasteiger partial charge in [-0.25, -0.2) is 0 Å². The fourth-order valence-corrected chi connectivity index (χ4v) is 3.66. The zero-order chi connectivity index (χ0) is 21.5. The van der Waals surface area contributed by atoms with Crippen molar-refractivity contribution >= 4 is 34.5 Å². The fraction of sp³-hybridized carbons (Fsp3) is 0.273. The van der Waals surface area contributed by atoms with Crippen molar-refractivity contribution in [2.75, 3.05) is 7.11 Å². The summed E-state index contributed by atoms with van der Waals surface area (Å²) in [5, 5.41) is 13.7. The molecule has 0 aromatic heterocycles. The second kappa shape index (κ2) is 10.1. The molecule has 156 valence electrons. The molecule has 8 heteroatoms. The summed E-state index contributed by atoms with van der Waals surface area (Å²) >= 11 is 1.22. The number of methoxy groups -OCH3 is 1. The SMILES string of the molecule is COc1ccc(CNC(=O)CC2S/C(=N\N=C(/C)c3ccc(C)cc3)NC2=O)cc1. The highest BCUT2D eigenvalue weighted by atomic mass is 32.2. The molecule has 2 amide bonds. The monoisotopic (exact) mass is 424 g/mol. The van der Waals surface area contributed by atoms with Gasteiger partial charge in [0.1, 0.15) is 11.0 Å². The van der Waals surface area contributed by atoms with Crippen LogP contribution in [0.3, 0.4) is 0 Å². The summed E-state index contributed by atoms with van der Waals surface area (Å²) in [7, 11) is 1.60. The van der Waals surface area contributed by atoms with Crippen LogP contribution < -0.4 is 15.4 Å². The van der Waals surface area contributed by atoms with Crippen LogP contribution in [0.25, 0.3) is 0 Å². The number of ether oxygens (including phenoxy) is 1. The Morgan fingerprint density at radius 1 is 1.17 bits per heavy atom. The first kappa shape index (κ1) is 21.6. The van der Waals surface area contributed by atoms with Gasteiger partial charge >= 0.3 is 0 Å². The van der Waals surface area contributed by atoms with Crippen LogP contribution in [-0.4, -0.2) is 35.1 Å². The molecule has 3 rings (SSSR count). The molecule has 1 unspecified atom stereocenters. The lowest BCUT2D eigenvalue weighted by Gasteiger charge is -2.08. The average molecular weight is 425 g/mol. The normalized spacial score (nSPS) is 17.7. The molecule has 2 aromatic carbocycles. The molecule has 30 heavy (non-hydrogen) atoms. The Morgan fingerprint density at radius 2 is 1.87 bits per heavy atom. The Balaban J connectivity index is 1.51. The molecule has 2 aromatic rings. The molecule has 1 saturated heterocycles. The van der Waals surface area contributed by atoms with Crippen LogP contribution in [0.15, 0.2) is 58.7 Å². The molecule has 0 saturated carbocycles. The molecule has 1 aliphatic rings. The lowest BCUT2D eigenvalue weighted by atomic mass is 10.1. The molecule has 1 atom stereocenters. The number of nitrogens with one attached hydrogen (secondary N) is 2. The van der Waals surface area contributed by atoms with Crippen LogP contribution >= 0.6 is 11.8 Å². The first-order valence-corrected chi connectivity index (χ1v) is 10.4. The van der Waals surface area contributed by atoms with E-state index in [0.717, 1.165) is 22.6 Å². The minimum Gasteiger partial charge on any atom is -0.497 e. The van der Waals surface area contributed by atoms with Gasteiger partial charge in [-0.2, -0.15) is 5.10 Å². The van der Waals surface area contributed by atoms with Crippen molar-refractivity contribution in [2.24, 2.45) is 10.2 Å². The maximum Gasteiger partial charge on any atom is 0.240 e. The molecule has 2 N–H and O–H groups in total. The summed E-state index contributed by atoms with van der Waals surface area (Å²) in [5.74, 6) is 0.330. The summed E-state index contributed by atoms with van der Waals surface area (Å²) in [6, 6.07) is 15.4. The topological polar surface area (TPSA) is 92.2 Å². The smallest absolute Gasteiger partial charge is 0.240 e. The predicted molar refractivity (Wildman–Crippen MR) is 120 cm³/mol. The molecular weight excluding hydrogens is 400 g/mol. The number of thioether (sulfide) groups is 1. The van der Waals surface area contributed by atoms with Crippen LogP contribution in [0.2, 0.25) is 0 Å². The maximum absolute atomic E-state index is 12.2. The lowest BCUT2D eigenvalue weighted by molar-refractivity contribution is -0.125. The minimum atomic E-state index is -0.519. The van der Waals surface area contributed by atoms with Crippen LogP contribution in [0.4, 0.5) is 0 Å². The summed E-state index contributed by atoms with van der Waals surface area (Å²) in [6.07, 6.45) is 0.0757. The van der Waals surface area contributed by atoms with Crippen LogP contribution in [0.1, 0.15) is 30.0 Å². The van der Waals surface area contributed by atoms with E-state index in [-0.39, 0.29) is 18.2 Å². The fourth-order valence-electron chi connectivity index (χ4n) is 2.74. The predicted octanol–water partition coefficient (Wildman–Crippen LogP) is 3.02. The number of amides is 2. The van der Waals surface area contributed by atoms with E-state index in [1.807, 2.05) is 62.4 Å². The van der Waals surface area contributed by atoms with E-state index < -0.39 is 5.25 Å². The third kappa shape index (κ3) is 5.93. The zero-order valence-corrected chi connectivity index (χ0v) is 18.0. The van der Waals surface area contributed by atoms with E-state index in [0.29, 0.717) is 11.7 Å². The zero-order valence-electron chi connectivity index (χ0n) is 17.1. The van der Waals surface area contributed by atoms with Gasteiger partial charge in [0.2, 0.25) is 11.8 Å².